The third kappa shape index (κ3) is 2.93. The molecule has 2 rings (SSSR count). The highest BCUT2D eigenvalue weighted by Gasteiger charge is 2.31. The first-order valence-electron chi connectivity index (χ1n) is 7.11. The summed E-state index contributed by atoms with van der Waals surface area (Å²) in [6.07, 6.45) is 2.40. The molecule has 1 saturated heterocycles. The van der Waals surface area contributed by atoms with Crippen molar-refractivity contribution in [1.82, 2.24) is 4.90 Å². The monoisotopic (exact) mass is 246 g/mol. The molecule has 0 amide bonds. The van der Waals surface area contributed by atoms with Crippen LogP contribution in [0.5, 0.6) is 0 Å². The van der Waals surface area contributed by atoms with Gasteiger partial charge in [0.1, 0.15) is 0 Å². The van der Waals surface area contributed by atoms with Crippen LogP contribution in [-0.4, -0.2) is 25.0 Å². The van der Waals surface area contributed by atoms with E-state index in [1.54, 1.807) is 0 Å². The van der Waals surface area contributed by atoms with Crippen LogP contribution in [0.3, 0.4) is 0 Å². The van der Waals surface area contributed by atoms with Gasteiger partial charge in [0.2, 0.25) is 0 Å². The Morgan fingerprint density at radius 1 is 1.28 bits per heavy atom. The van der Waals surface area contributed by atoms with Crippen LogP contribution in [0.1, 0.15) is 37.4 Å². The van der Waals surface area contributed by atoms with Crippen LogP contribution in [-0.2, 0) is 6.42 Å². The summed E-state index contributed by atoms with van der Waals surface area (Å²) in [5.74, 6) is 1.34. The van der Waals surface area contributed by atoms with Crippen LogP contribution in [0, 0.1) is 11.8 Å². The molecule has 0 saturated carbocycles. The minimum atomic E-state index is 0.517. The summed E-state index contributed by atoms with van der Waals surface area (Å²) in [5, 5.41) is 0. The first kappa shape index (κ1) is 13.6. The van der Waals surface area contributed by atoms with Crippen molar-refractivity contribution in [1.29, 1.82) is 0 Å². The molecule has 0 radical (unpaired) electrons. The van der Waals surface area contributed by atoms with Crippen molar-refractivity contribution < 1.29 is 0 Å². The first-order chi connectivity index (χ1) is 8.61. The number of hydrogen-bond acceptors (Lipinski definition) is 2. The predicted molar refractivity (Wildman–Crippen MR) is 77.5 cm³/mol. The zero-order chi connectivity index (χ0) is 13.1. The summed E-state index contributed by atoms with van der Waals surface area (Å²) in [6.45, 7) is 6.50. The van der Waals surface area contributed by atoms with Crippen molar-refractivity contribution in [3.63, 3.8) is 0 Å². The van der Waals surface area contributed by atoms with Gasteiger partial charge in [-0.3, -0.25) is 4.90 Å². The van der Waals surface area contributed by atoms with Crippen molar-refractivity contribution in [2.24, 2.45) is 17.6 Å². The fourth-order valence-electron chi connectivity index (χ4n) is 3.12. The minimum absolute atomic E-state index is 0.517. The third-order valence-corrected chi connectivity index (χ3v) is 4.04. The smallest absolute Gasteiger partial charge is 0.0385 e. The molecule has 1 aromatic carbocycles. The lowest BCUT2D eigenvalue weighted by Crippen LogP contribution is -2.25. The molecule has 1 aliphatic heterocycles. The average molecular weight is 246 g/mol. The number of hydrogen-bond donors (Lipinski definition) is 1. The molecule has 0 bridgehead atoms. The third-order valence-electron chi connectivity index (χ3n) is 4.04. The Labute approximate surface area is 111 Å². The molecule has 2 N–H and O–H groups in total. The van der Waals surface area contributed by atoms with E-state index in [4.69, 9.17) is 5.73 Å². The zero-order valence-corrected chi connectivity index (χ0v) is 11.9. The molecule has 100 valence electrons. The number of rotatable bonds is 4. The van der Waals surface area contributed by atoms with Gasteiger partial charge in [-0.05, 0) is 55.9 Å². The Balaban J connectivity index is 2.13. The molecule has 1 fully saturated rings. The molecular weight excluding hydrogens is 220 g/mol. The molecule has 2 atom stereocenters. The molecular formula is C16H26N2. The number of likely N-dealkylation sites (tertiary alicyclic amines) is 1. The van der Waals surface area contributed by atoms with Gasteiger partial charge in [-0.25, -0.2) is 0 Å². The largest absolute Gasteiger partial charge is 0.330 e. The van der Waals surface area contributed by atoms with Crippen LogP contribution in [0.4, 0.5) is 0 Å². The van der Waals surface area contributed by atoms with Gasteiger partial charge in [-0.15, -0.1) is 0 Å². The van der Waals surface area contributed by atoms with Crippen molar-refractivity contribution in [3.8, 4) is 0 Å². The molecule has 0 aromatic heterocycles. The van der Waals surface area contributed by atoms with Gasteiger partial charge in [0.25, 0.3) is 0 Å². The molecule has 1 heterocycles. The maximum atomic E-state index is 5.89. The Morgan fingerprint density at radius 3 is 2.50 bits per heavy atom. The number of nitrogens with zero attached hydrogens (tertiary/aromatic N) is 1. The van der Waals surface area contributed by atoms with Gasteiger partial charge in [0.05, 0.1) is 0 Å². The average Bonchev–Trinajstić information content (AvgIpc) is 2.71. The van der Waals surface area contributed by atoms with E-state index in [0.29, 0.717) is 12.0 Å². The van der Waals surface area contributed by atoms with Crippen LogP contribution in [0.2, 0.25) is 0 Å². The van der Waals surface area contributed by atoms with Gasteiger partial charge in [-0.2, -0.15) is 0 Å². The second-order valence-electron chi connectivity index (χ2n) is 6.05. The Morgan fingerprint density at radius 2 is 1.94 bits per heavy atom. The van der Waals surface area contributed by atoms with E-state index < -0.39 is 0 Å². The van der Waals surface area contributed by atoms with Gasteiger partial charge < -0.3 is 5.73 Å². The Bertz CT molecular complexity index is 369. The fourth-order valence-corrected chi connectivity index (χ4v) is 3.12. The van der Waals surface area contributed by atoms with Crippen molar-refractivity contribution in [2.75, 3.05) is 20.1 Å². The summed E-state index contributed by atoms with van der Waals surface area (Å²) < 4.78 is 0. The molecule has 2 unspecified atom stereocenters. The van der Waals surface area contributed by atoms with Gasteiger partial charge in [0, 0.05) is 6.04 Å². The quantitative estimate of drug-likeness (QED) is 0.885. The Kier molecular flexibility index (Phi) is 4.41. The van der Waals surface area contributed by atoms with Crippen molar-refractivity contribution in [2.45, 2.75) is 32.7 Å². The van der Waals surface area contributed by atoms with E-state index >= 15 is 0 Å². The lowest BCUT2D eigenvalue weighted by atomic mass is 9.92. The van der Waals surface area contributed by atoms with E-state index in [2.05, 4.69) is 50.1 Å². The highest BCUT2D eigenvalue weighted by Crippen LogP contribution is 2.35. The second-order valence-corrected chi connectivity index (χ2v) is 6.05. The summed E-state index contributed by atoms with van der Waals surface area (Å²) in [7, 11) is 2.21. The van der Waals surface area contributed by atoms with Gasteiger partial charge in [-0.1, -0.05) is 38.1 Å². The lowest BCUT2D eigenvalue weighted by Gasteiger charge is -2.25. The van der Waals surface area contributed by atoms with E-state index in [0.717, 1.165) is 12.5 Å². The maximum absolute atomic E-state index is 5.89. The minimum Gasteiger partial charge on any atom is -0.330 e. The second kappa shape index (κ2) is 5.85. The molecule has 0 spiro atoms. The number of benzene rings is 1. The fraction of sp³-hybridized carbons (Fsp3) is 0.625. The molecule has 0 aliphatic carbocycles. The first-order valence-corrected chi connectivity index (χ1v) is 7.11. The van der Waals surface area contributed by atoms with Crippen LogP contribution >= 0.6 is 0 Å². The summed E-state index contributed by atoms with van der Waals surface area (Å²) in [6, 6.07) is 9.69. The summed E-state index contributed by atoms with van der Waals surface area (Å²) in [4.78, 5) is 2.44. The van der Waals surface area contributed by atoms with Crippen molar-refractivity contribution >= 4 is 0 Å². The van der Waals surface area contributed by atoms with Gasteiger partial charge in [0.15, 0.2) is 0 Å². The zero-order valence-electron chi connectivity index (χ0n) is 11.9. The van der Waals surface area contributed by atoms with Crippen molar-refractivity contribution in [3.05, 3.63) is 35.4 Å². The van der Waals surface area contributed by atoms with E-state index in [9.17, 15) is 0 Å². The van der Waals surface area contributed by atoms with E-state index in [1.165, 1.54) is 30.5 Å². The standard InChI is InChI=1S/C16H26N2/c1-12(2)10-13-4-6-14(7-5-13)16-15(11-17)8-9-18(16)3/h4-7,12,15-16H,8-11,17H2,1-3H3. The molecule has 2 heteroatoms. The molecule has 1 aromatic rings. The van der Waals surface area contributed by atoms with E-state index in [1.807, 2.05) is 0 Å². The Hall–Kier alpha value is -0.860. The summed E-state index contributed by atoms with van der Waals surface area (Å²) >= 11 is 0. The highest BCUT2D eigenvalue weighted by atomic mass is 15.2. The lowest BCUT2D eigenvalue weighted by molar-refractivity contribution is 0.279. The SMILES string of the molecule is CC(C)Cc1ccc(C2C(CN)CCN2C)cc1. The molecule has 18 heavy (non-hydrogen) atoms. The normalized spacial score (nSPS) is 24.9. The van der Waals surface area contributed by atoms with Crippen LogP contribution in [0.15, 0.2) is 24.3 Å². The molecule has 2 nitrogen and oxygen atoms in total. The predicted octanol–water partition coefficient (Wildman–Crippen LogP) is 2.84. The highest BCUT2D eigenvalue weighted by molar-refractivity contribution is 5.26. The van der Waals surface area contributed by atoms with Crippen LogP contribution in [0.25, 0.3) is 0 Å². The van der Waals surface area contributed by atoms with E-state index in [-0.39, 0.29) is 0 Å². The molecule has 1 aliphatic rings. The van der Waals surface area contributed by atoms with Gasteiger partial charge >= 0.3 is 0 Å². The topological polar surface area (TPSA) is 29.3 Å². The number of nitrogens with two attached hydrogens (primary N) is 1. The maximum Gasteiger partial charge on any atom is 0.0385 e. The summed E-state index contributed by atoms with van der Waals surface area (Å²) in [5.41, 5.74) is 8.76. The van der Waals surface area contributed by atoms with Crippen LogP contribution < -0.4 is 5.73 Å².